The number of anilines is 1. The predicted octanol–water partition coefficient (Wildman–Crippen LogP) is 4.92. The van der Waals surface area contributed by atoms with Crippen molar-refractivity contribution in [3.63, 3.8) is 0 Å². The summed E-state index contributed by atoms with van der Waals surface area (Å²) in [6.45, 7) is 3.87. The van der Waals surface area contributed by atoms with Gasteiger partial charge in [-0.2, -0.15) is 0 Å². The number of hydrogen-bond donors (Lipinski definition) is 0. The third-order valence-electron chi connectivity index (χ3n) is 6.27. The minimum absolute atomic E-state index is 0.106. The van der Waals surface area contributed by atoms with E-state index in [9.17, 15) is 9.59 Å². The molecule has 162 valence electrons. The zero-order chi connectivity index (χ0) is 21.9. The van der Waals surface area contributed by atoms with E-state index in [-0.39, 0.29) is 18.5 Å². The highest BCUT2D eigenvalue weighted by Crippen LogP contribution is 2.27. The maximum absolute atomic E-state index is 13.0. The second kappa shape index (κ2) is 8.97. The molecule has 3 aromatic carbocycles. The quantitative estimate of drug-likeness (QED) is 0.527. The van der Waals surface area contributed by atoms with Crippen molar-refractivity contribution in [2.24, 2.45) is 0 Å². The molecule has 3 amide bonds. The predicted molar refractivity (Wildman–Crippen MR) is 126 cm³/mol. The van der Waals surface area contributed by atoms with E-state index in [1.165, 1.54) is 36.4 Å². The molecule has 2 fully saturated rings. The molecule has 0 N–H and O–H groups in total. The summed E-state index contributed by atoms with van der Waals surface area (Å²) in [6, 6.07) is 25.8. The van der Waals surface area contributed by atoms with Crippen molar-refractivity contribution in [2.45, 2.75) is 25.9 Å². The van der Waals surface area contributed by atoms with Crippen LogP contribution in [0.1, 0.15) is 24.0 Å². The number of imide groups is 1. The second-order valence-electron chi connectivity index (χ2n) is 8.58. The van der Waals surface area contributed by atoms with Crippen molar-refractivity contribution in [2.75, 3.05) is 24.5 Å². The fourth-order valence-electron chi connectivity index (χ4n) is 4.53. The fraction of sp³-hybridized carbons (Fsp3) is 0.259. The van der Waals surface area contributed by atoms with Crippen molar-refractivity contribution in [1.29, 1.82) is 0 Å². The lowest BCUT2D eigenvalue weighted by atomic mass is 10.1. The third kappa shape index (κ3) is 4.30. The molecule has 0 spiro atoms. The molecule has 5 nitrogen and oxygen atoms in total. The van der Waals surface area contributed by atoms with Crippen LogP contribution in [0.3, 0.4) is 0 Å². The van der Waals surface area contributed by atoms with Crippen molar-refractivity contribution < 1.29 is 9.59 Å². The zero-order valence-electron chi connectivity index (χ0n) is 18.1. The van der Waals surface area contributed by atoms with Crippen molar-refractivity contribution in [3.8, 4) is 11.1 Å². The molecule has 2 aliphatic heterocycles. The summed E-state index contributed by atoms with van der Waals surface area (Å²) in [5, 5.41) is 0. The minimum Gasteiger partial charge on any atom is -0.310 e. The summed E-state index contributed by atoms with van der Waals surface area (Å²) in [6.07, 6.45) is 2.57. The van der Waals surface area contributed by atoms with E-state index in [0.29, 0.717) is 12.2 Å². The van der Waals surface area contributed by atoms with E-state index in [1.54, 1.807) is 4.90 Å². The summed E-state index contributed by atoms with van der Waals surface area (Å²) in [5.74, 6) is -0.187. The highest BCUT2D eigenvalue weighted by atomic mass is 16.2. The van der Waals surface area contributed by atoms with Crippen LogP contribution in [0, 0.1) is 0 Å². The lowest BCUT2D eigenvalue weighted by Crippen LogP contribution is -2.32. The number of urea groups is 1. The van der Waals surface area contributed by atoms with Gasteiger partial charge < -0.3 is 4.90 Å². The molecule has 3 aromatic rings. The highest BCUT2D eigenvalue weighted by Gasteiger charge is 2.37. The van der Waals surface area contributed by atoms with Crippen LogP contribution in [0.15, 0.2) is 78.9 Å². The molecular formula is C27H27N3O2. The average molecular weight is 426 g/mol. The van der Waals surface area contributed by atoms with E-state index in [2.05, 4.69) is 29.2 Å². The Hall–Kier alpha value is -3.44. The number of amides is 3. The Balaban J connectivity index is 1.24. The van der Waals surface area contributed by atoms with Gasteiger partial charge in [0.25, 0.3) is 5.91 Å². The van der Waals surface area contributed by atoms with E-state index in [1.807, 2.05) is 54.6 Å². The first-order valence-electron chi connectivity index (χ1n) is 11.2. The first-order valence-corrected chi connectivity index (χ1v) is 11.2. The Morgan fingerprint density at radius 2 is 1.25 bits per heavy atom. The molecule has 5 heteroatoms. The topological polar surface area (TPSA) is 43.9 Å². The van der Waals surface area contributed by atoms with Crippen LogP contribution < -0.4 is 4.90 Å². The molecule has 0 saturated carbocycles. The number of rotatable bonds is 6. The molecule has 2 aliphatic rings. The number of carbonyl (C=O) groups is 2. The van der Waals surface area contributed by atoms with Crippen LogP contribution in [0.5, 0.6) is 0 Å². The lowest BCUT2D eigenvalue weighted by Gasteiger charge is -2.18. The molecule has 32 heavy (non-hydrogen) atoms. The molecule has 0 aliphatic carbocycles. The standard InChI is InChI=1S/C27H27N3O2/c31-26-20-29(19-22-10-8-21(9-11-22)18-28-16-4-5-17-28)27(32)30(26)25-14-12-24(13-15-25)23-6-2-1-3-7-23/h1-3,6-15H,4-5,16-20H2. The molecule has 0 atom stereocenters. The van der Waals surface area contributed by atoms with Crippen molar-refractivity contribution >= 4 is 17.6 Å². The van der Waals surface area contributed by atoms with Crippen LogP contribution in [-0.2, 0) is 17.9 Å². The summed E-state index contributed by atoms with van der Waals surface area (Å²) < 4.78 is 0. The Morgan fingerprint density at radius 3 is 1.91 bits per heavy atom. The number of nitrogens with zero attached hydrogens (tertiary/aromatic N) is 3. The van der Waals surface area contributed by atoms with E-state index in [0.717, 1.165) is 23.2 Å². The van der Waals surface area contributed by atoms with Crippen molar-refractivity contribution in [1.82, 2.24) is 9.80 Å². The second-order valence-corrected chi connectivity index (χ2v) is 8.58. The molecule has 2 saturated heterocycles. The Bertz CT molecular complexity index is 1090. The van der Waals surface area contributed by atoms with E-state index >= 15 is 0 Å². The summed E-state index contributed by atoms with van der Waals surface area (Å²) in [5.41, 5.74) is 5.10. The molecule has 5 rings (SSSR count). The molecule has 0 aromatic heterocycles. The zero-order valence-corrected chi connectivity index (χ0v) is 18.1. The Morgan fingerprint density at radius 1 is 0.656 bits per heavy atom. The molecule has 2 heterocycles. The van der Waals surface area contributed by atoms with Gasteiger partial charge in [0.2, 0.25) is 0 Å². The van der Waals surface area contributed by atoms with Gasteiger partial charge in [-0.05, 0) is 60.3 Å². The van der Waals surface area contributed by atoms with E-state index in [4.69, 9.17) is 0 Å². The average Bonchev–Trinajstić information content (AvgIpc) is 3.43. The maximum Gasteiger partial charge on any atom is 0.332 e. The maximum atomic E-state index is 13.0. The third-order valence-corrected chi connectivity index (χ3v) is 6.27. The number of likely N-dealkylation sites (tertiary alicyclic amines) is 1. The van der Waals surface area contributed by atoms with Gasteiger partial charge in [-0.15, -0.1) is 0 Å². The van der Waals surface area contributed by atoms with Gasteiger partial charge >= 0.3 is 6.03 Å². The highest BCUT2D eigenvalue weighted by molar-refractivity contribution is 6.19. The fourth-order valence-corrected chi connectivity index (χ4v) is 4.53. The summed E-state index contributed by atoms with van der Waals surface area (Å²) >= 11 is 0. The Labute approximate surface area is 188 Å². The molecule has 0 bridgehead atoms. The van der Waals surface area contributed by atoms with Gasteiger partial charge in [-0.3, -0.25) is 9.69 Å². The van der Waals surface area contributed by atoms with Crippen LogP contribution >= 0.6 is 0 Å². The summed E-state index contributed by atoms with van der Waals surface area (Å²) in [4.78, 5) is 31.0. The number of carbonyl (C=O) groups excluding carboxylic acids is 2. The Kier molecular flexibility index (Phi) is 5.73. The number of benzene rings is 3. The van der Waals surface area contributed by atoms with Gasteiger partial charge in [0, 0.05) is 13.1 Å². The minimum atomic E-state index is -0.261. The van der Waals surface area contributed by atoms with Gasteiger partial charge in [0.1, 0.15) is 6.54 Å². The van der Waals surface area contributed by atoms with Crippen molar-refractivity contribution in [3.05, 3.63) is 90.0 Å². The normalized spacial score (nSPS) is 16.9. The molecule has 0 unspecified atom stereocenters. The van der Waals surface area contributed by atoms with Crippen LogP contribution in [0.25, 0.3) is 11.1 Å². The van der Waals surface area contributed by atoms with E-state index < -0.39 is 0 Å². The van der Waals surface area contributed by atoms with Gasteiger partial charge in [0.05, 0.1) is 5.69 Å². The largest absolute Gasteiger partial charge is 0.332 e. The van der Waals surface area contributed by atoms with Crippen LogP contribution in [0.4, 0.5) is 10.5 Å². The monoisotopic (exact) mass is 425 g/mol. The molecule has 0 radical (unpaired) electrons. The van der Waals surface area contributed by atoms with Gasteiger partial charge in [-0.25, -0.2) is 9.69 Å². The first kappa shape index (κ1) is 20.5. The first-order chi connectivity index (χ1) is 15.7. The summed E-state index contributed by atoms with van der Waals surface area (Å²) in [7, 11) is 0. The van der Waals surface area contributed by atoms with Gasteiger partial charge in [0.15, 0.2) is 0 Å². The number of hydrogen-bond acceptors (Lipinski definition) is 3. The lowest BCUT2D eigenvalue weighted by molar-refractivity contribution is -0.116. The van der Waals surface area contributed by atoms with Crippen LogP contribution in [0.2, 0.25) is 0 Å². The van der Waals surface area contributed by atoms with Gasteiger partial charge in [-0.1, -0.05) is 66.7 Å². The SMILES string of the molecule is O=C1CN(Cc2ccc(CN3CCCC3)cc2)C(=O)N1c1ccc(-c2ccccc2)cc1. The molecular weight excluding hydrogens is 398 g/mol. The van der Waals surface area contributed by atoms with Crippen LogP contribution in [-0.4, -0.2) is 41.4 Å². The smallest absolute Gasteiger partial charge is 0.310 e.